The van der Waals surface area contributed by atoms with Gasteiger partial charge in [0, 0.05) is 42.9 Å². The molecule has 12 atom stereocenters. The molecule has 5 fully saturated rings. The van der Waals surface area contributed by atoms with E-state index in [1.165, 1.54) is 0 Å². The number of piperidine rings is 1. The number of Topliss-reactive ketones (excluding diaryl/α,β-unsaturated/α-hetero) is 1. The van der Waals surface area contributed by atoms with E-state index in [4.69, 9.17) is 9.47 Å². The molecule has 2 heterocycles. The van der Waals surface area contributed by atoms with E-state index in [1.54, 1.807) is 7.11 Å². The summed E-state index contributed by atoms with van der Waals surface area (Å²) >= 11 is 0. The maximum atomic E-state index is 14.7. The Kier molecular flexibility index (Phi) is 7.25. The van der Waals surface area contributed by atoms with E-state index in [1.807, 2.05) is 0 Å². The molecule has 4 bridgehead atoms. The average Bonchev–Trinajstić information content (AvgIpc) is 3.69. The number of fused-ring (bicyclic) bond motifs is 2. The monoisotopic (exact) mass is 554 g/mol. The Bertz CT molecular complexity index is 1080. The van der Waals surface area contributed by atoms with Crippen molar-refractivity contribution in [2.24, 2.45) is 51.8 Å². The van der Waals surface area contributed by atoms with E-state index in [0.717, 1.165) is 71.0 Å². The van der Waals surface area contributed by atoms with Crippen LogP contribution in [-0.4, -0.2) is 61.6 Å². The number of nitrogens with one attached hydrogen (secondary N) is 1. The van der Waals surface area contributed by atoms with Gasteiger partial charge in [-0.3, -0.25) is 14.9 Å². The lowest BCUT2D eigenvalue weighted by atomic mass is 9.43. The quantitative estimate of drug-likeness (QED) is 0.470. The van der Waals surface area contributed by atoms with Crippen LogP contribution in [0.2, 0.25) is 0 Å². The molecule has 0 spiro atoms. The Morgan fingerprint density at radius 1 is 1.07 bits per heavy atom. The number of rotatable bonds is 4. The number of imide groups is 1. The molecule has 7 heteroatoms. The van der Waals surface area contributed by atoms with Crippen molar-refractivity contribution in [1.29, 1.82) is 0 Å². The van der Waals surface area contributed by atoms with Gasteiger partial charge in [0.15, 0.2) is 0 Å². The van der Waals surface area contributed by atoms with Gasteiger partial charge in [0.05, 0.1) is 12.0 Å². The summed E-state index contributed by atoms with van der Waals surface area (Å²) in [6.07, 6.45) is 11.9. The SMILES string of the molecule is COC1CCC23CC[C@@H](C)[C@](C)(C12)[C@H](OC(=O)NC(=O)[C@H]1CN2CC[C@@H]1C2)C[C@@](C)(C1C=CCCC1)C(=O)[C@@H]3C. The summed E-state index contributed by atoms with van der Waals surface area (Å²) in [6.45, 7) is 11.6. The van der Waals surface area contributed by atoms with Gasteiger partial charge in [-0.25, -0.2) is 4.79 Å². The largest absolute Gasteiger partial charge is 0.445 e. The van der Waals surface area contributed by atoms with Crippen LogP contribution in [0.3, 0.4) is 0 Å². The number of carbonyl (C=O) groups excluding carboxylic acids is 3. The zero-order valence-corrected chi connectivity index (χ0v) is 25.2. The highest BCUT2D eigenvalue weighted by molar-refractivity contribution is 5.94. The minimum absolute atomic E-state index is 0.0285. The van der Waals surface area contributed by atoms with Gasteiger partial charge in [0.2, 0.25) is 5.91 Å². The number of ether oxygens (including phenoxy) is 2. The Morgan fingerprint density at radius 3 is 2.50 bits per heavy atom. The molecule has 2 aliphatic heterocycles. The first kappa shape index (κ1) is 28.4. The lowest BCUT2D eigenvalue weighted by Crippen LogP contribution is -2.64. The van der Waals surface area contributed by atoms with Crippen LogP contribution >= 0.6 is 0 Å². The fraction of sp³-hybridized carbons (Fsp3) is 0.848. The highest BCUT2D eigenvalue weighted by atomic mass is 16.6. The zero-order valence-electron chi connectivity index (χ0n) is 25.2. The van der Waals surface area contributed by atoms with E-state index in [2.05, 4.69) is 50.1 Å². The van der Waals surface area contributed by atoms with Gasteiger partial charge in [-0.15, -0.1) is 0 Å². The molecule has 2 amide bonds. The molecule has 6 rings (SSSR count). The van der Waals surface area contributed by atoms with Gasteiger partial charge < -0.3 is 14.4 Å². The summed E-state index contributed by atoms with van der Waals surface area (Å²) in [5, 5.41) is 2.65. The second kappa shape index (κ2) is 10.2. The first-order valence-corrected chi connectivity index (χ1v) is 16.0. The summed E-state index contributed by atoms with van der Waals surface area (Å²) < 4.78 is 12.6. The number of methoxy groups -OCH3 is 1. The molecule has 0 aromatic heterocycles. The minimum Gasteiger partial charge on any atom is -0.445 e. The van der Waals surface area contributed by atoms with Gasteiger partial charge in [-0.1, -0.05) is 39.8 Å². The summed E-state index contributed by atoms with van der Waals surface area (Å²) in [5.74, 6) is 0.749. The number of nitrogens with zero attached hydrogens (tertiary/aromatic N) is 1. The topological polar surface area (TPSA) is 84.9 Å². The number of ketones is 1. The third-order valence-electron chi connectivity index (χ3n) is 13.3. The smallest absolute Gasteiger partial charge is 0.414 e. The van der Waals surface area contributed by atoms with E-state index in [9.17, 15) is 14.4 Å². The molecule has 222 valence electrons. The van der Waals surface area contributed by atoms with Crippen molar-refractivity contribution in [3.8, 4) is 0 Å². The highest BCUT2D eigenvalue weighted by Gasteiger charge is 2.69. The summed E-state index contributed by atoms with van der Waals surface area (Å²) in [7, 11) is 1.79. The predicted octanol–water partition coefficient (Wildman–Crippen LogP) is 5.38. The number of hydrogen-bond acceptors (Lipinski definition) is 6. The van der Waals surface area contributed by atoms with E-state index >= 15 is 0 Å². The highest BCUT2D eigenvalue weighted by Crippen LogP contribution is 2.69. The van der Waals surface area contributed by atoms with Gasteiger partial charge >= 0.3 is 6.09 Å². The lowest BCUT2D eigenvalue weighted by molar-refractivity contribution is -0.194. The molecule has 3 saturated carbocycles. The normalized spacial score (nSPS) is 49.7. The average molecular weight is 555 g/mol. The zero-order chi connectivity index (χ0) is 28.4. The number of carbonyl (C=O) groups is 3. The van der Waals surface area contributed by atoms with Crippen LogP contribution in [0.5, 0.6) is 0 Å². The van der Waals surface area contributed by atoms with Crippen molar-refractivity contribution in [3.63, 3.8) is 0 Å². The molecular formula is C33H50N2O5. The van der Waals surface area contributed by atoms with Crippen molar-refractivity contribution in [1.82, 2.24) is 10.2 Å². The fourth-order valence-electron chi connectivity index (χ4n) is 10.7. The molecule has 5 unspecified atom stereocenters. The number of amides is 2. The second-order valence-electron chi connectivity index (χ2n) is 14.8. The number of alkyl carbamates (subject to hydrolysis) is 1. The Morgan fingerprint density at radius 2 is 1.85 bits per heavy atom. The Labute approximate surface area is 240 Å². The molecule has 2 saturated heterocycles. The molecule has 7 nitrogen and oxygen atoms in total. The van der Waals surface area contributed by atoms with Crippen molar-refractivity contribution in [3.05, 3.63) is 12.2 Å². The maximum absolute atomic E-state index is 14.7. The van der Waals surface area contributed by atoms with Gasteiger partial charge in [0.1, 0.15) is 11.9 Å². The van der Waals surface area contributed by atoms with Crippen LogP contribution in [0.15, 0.2) is 12.2 Å². The first-order chi connectivity index (χ1) is 19.0. The van der Waals surface area contributed by atoms with Crippen molar-refractivity contribution in [2.45, 2.75) is 97.7 Å². The van der Waals surface area contributed by atoms with Gasteiger partial charge in [-0.05, 0) is 87.5 Å². The molecule has 0 aromatic carbocycles. The minimum atomic E-state index is -0.646. The summed E-state index contributed by atoms with van der Waals surface area (Å²) in [6, 6.07) is 0. The molecular weight excluding hydrogens is 504 g/mol. The van der Waals surface area contributed by atoms with Crippen LogP contribution in [0.25, 0.3) is 0 Å². The van der Waals surface area contributed by atoms with Gasteiger partial charge in [-0.2, -0.15) is 0 Å². The van der Waals surface area contributed by atoms with Crippen LogP contribution in [0.1, 0.15) is 85.5 Å². The van der Waals surface area contributed by atoms with Crippen molar-refractivity contribution < 1.29 is 23.9 Å². The van der Waals surface area contributed by atoms with Gasteiger partial charge in [0.25, 0.3) is 0 Å². The third kappa shape index (κ3) is 4.15. The number of hydrogen-bond donors (Lipinski definition) is 1. The maximum Gasteiger partial charge on any atom is 0.414 e. The Hall–Kier alpha value is -1.73. The summed E-state index contributed by atoms with van der Waals surface area (Å²) in [5.41, 5.74) is -1.17. The fourth-order valence-corrected chi connectivity index (χ4v) is 10.7. The Balaban J connectivity index is 1.36. The molecule has 1 N–H and O–H groups in total. The molecule has 6 aliphatic rings. The van der Waals surface area contributed by atoms with E-state index in [-0.39, 0.29) is 46.5 Å². The second-order valence-corrected chi connectivity index (χ2v) is 14.8. The van der Waals surface area contributed by atoms with E-state index < -0.39 is 17.6 Å². The number of allylic oxidation sites excluding steroid dienone is 2. The van der Waals surface area contributed by atoms with Crippen LogP contribution in [0.4, 0.5) is 4.79 Å². The third-order valence-corrected chi connectivity index (χ3v) is 13.3. The summed E-state index contributed by atoms with van der Waals surface area (Å²) in [4.78, 5) is 43.8. The van der Waals surface area contributed by atoms with Crippen molar-refractivity contribution in [2.75, 3.05) is 26.7 Å². The van der Waals surface area contributed by atoms with Crippen LogP contribution < -0.4 is 5.32 Å². The first-order valence-electron chi connectivity index (χ1n) is 16.0. The lowest BCUT2D eigenvalue weighted by Gasteiger charge is -2.62. The van der Waals surface area contributed by atoms with E-state index in [0.29, 0.717) is 24.0 Å². The van der Waals surface area contributed by atoms with Crippen LogP contribution in [-0.2, 0) is 19.1 Å². The molecule has 0 radical (unpaired) electrons. The molecule has 40 heavy (non-hydrogen) atoms. The van der Waals surface area contributed by atoms with Crippen molar-refractivity contribution >= 4 is 17.8 Å². The van der Waals surface area contributed by atoms with Crippen LogP contribution in [0, 0.1) is 51.8 Å². The molecule has 0 aromatic rings. The standard InChI is InChI=1S/C33H50N2O5/c1-20-11-14-33-15-12-25(39-5)27(33)32(20,4)26(17-31(3,28(36)21(33)2)23-9-7-6-8-10-23)40-30(38)34-29(37)24-19-35-16-13-22(24)18-35/h7,9,20-27H,6,8,10-19H2,1-5H3,(H,34,37,38)/t20-,21+,22-,23?,24+,25?,26-,27?,31+,32+,33?/m1/s1. The molecule has 4 aliphatic carbocycles. The predicted molar refractivity (Wildman–Crippen MR) is 152 cm³/mol.